The maximum atomic E-state index is 6.04. The Labute approximate surface area is 114 Å². The van der Waals surface area contributed by atoms with Gasteiger partial charge in [-0.25, -0.2) is 4.98 Å². The molecule has 0 aliphatic heterocycles. The van der Waals surface area contributed by atoms with Gasteiger partial charge in [-0.2, -0.15) is 0 Å². The van der Waals surface area contributed by atoms with Gasteiger partial charge in [-0.15, -0.1) is 11.3 Å². The molecule has 1 saturated carbocycles. The van der Waals surface area contributed by atoms with E-state index in [1.165, 1.54) is 30.7 Å². The smallest absolute Gasteiger partial charge is 0.109 e. The molecule has 0 radical (unpaired) electrons. The van der Waals surface area contributed by atoms with Crippen molar-refractivity contribution in [1.29, 1.82) is 0 Å². The SMILES string of the molecule is CC1CCC(CN)(CNC(C)c2nccs2)CC1. The number of nitrogens with zero attached hydrogens (tertiary/aromatic N) is 1. The highest BCUT2D eigenvalue weighted by molar-refractivity contribution is 7.09. The Balaban J connectivity index is 1.87. The van der Waals surface area contributed by atoms with Crippen molar-refractivity contribution >= 4 is 11.3 Å². The summed E-state index contributed by atoms with van der Waals surface area (Å²) >= 11 is 1.72. The molecule has 102 valence electrons. The van der Waals surface area contributed by atoms with Gasteiger partial charge in [0, 0.05) is 18.1 Å². The van der Waals surface area contributed by atoms with Crippen LogP contribution in [-0.2, 0) is 0 Å². The lowest BCUT2D eigenvalue weighted by atomic mass is 9.71. The molecule has 1 heterocycles. The van der Waals surface area contributed by atoms with Crippen molar-refractivity contribution < 1.29 is 0 Å². The molecule has 3 nitrogen and oxygen atoms in total. The van der Waals surface area contributed by atoms with Crippen LogP contribution in [0.4, 0.5) is 0 Å². The molecule has 18 heavy (non-hydrogen) atoms. The number of thiazole rings is 1. The predicted octanol–water partition coefficient (Wildman–Crippen LogP) is 2.95. The quantitative estimate of drug-likeness (QED) is 0.862. The van der Waals surface area contributed by atoms with Gasteiger partial charge in [0.05, 0.1) is 6.04 Å². The van der Waals surface area contributed by atoms with E-state index in [2.05, 4.69) is 24.1 Å². The van der Waals surface area contributed by atoms with Gasteiger partial charge >= 0.3 is 0 Å². The Morgan fingerprint density at radius 1 is 1.56 bits per heavy atom. The second-order valence-corrected chi connectivity index (χ2v) is 6.79. The lowest BCUT2D eigenvalue weighted by Gasteiger charge is -2.39. The first-order valence-corrected chi connectivity index (χ1v) is 7.86. The number of aromatic nitrogens is 1. The second kappa shape index (κ2) is 6.13. The van der Waals surface area contributed by atoms with Crippen LogP contribution >= 0.6 is 11.3 Å². The van der Waals surface area contributed by atoms with E-state index in [0.717, 1.165) is 19.0 Å². The van der Waals surface area contributed by atoms with Gasteiger partial charge in [-0.1, -0.05) is 19.8 Å². The lowest BCUT2D eigenvalue weighted by molar-refractivity contribution is 0.155. The molecule has 3 N–H and O–H groups in total. The molecule has 1 aromatic rings. The average molecular weight is 267 g/mol. The number of hydrogen-bond donors (Lipinski definition) is 2. The highest BCUT2D eigenvalue weighted by atomic mass is 32.1. The molecule has 0 spiro atoms. The molecule has 0 amide bonds. The highest BCUT2D eigenvalue weighted by Crippen LogP contribution is 2.38. The Hall–Kier alpha value is -0.450. The summed E-state index contributed by atoms with van der Waals surface area (Å²) in [6.07, 6.45) is 7.05. The first-order chi connectivity index (χ1) is 8.65. The Morgan fingerprint density at radius 3 is 2.83 bits per heavy atom. The van der Waals surface area contributed by atoms with E-state index in [0.29, 0.717) is 11.5 Å². The fraction of sp³-hybridized carbons (Fsp3) is 0.786. The zero-order valence-corrected chi connectivity index (χ0v) is 12.3. The maximum Gasteiger partial charge on any atom is 0.109 e. The van der Waals surface area contributed by atoms with Gasteiger partial charge in [0.25, 0.3) is 0 Å². The van der Waals surface area contributed by atoms with E-state index in [4.69, 9.17) is 5.73 Å². The normalized spacial score (nSPS) is 30.3. The topological polar surface area (TPSA) is 50.9 Å². The van der Waals surface area contributed by atoms with Crippen LogP contribution in [0, 0.1) is 11.3 Å². The van der Waals surface area contributed by atoms with Crippen LogP contribution in [-0.4, -0.2) is 18.1 Å². The summed E-state index contributed by atoms with van der Waals surface area (Å²) in [5.41, 5.74) is 6.35. The van der Waals surface area contributed by atoms with Crippen molar-refractivity contribution in [2.75, 3.05) is 13.1 Å². The van der Waals surface area contributed by atoms with E-state index in [1.54, 1.807) is 11.3 Å². The molecule has 0 saturated heterocycles. The molecule has 1 atom stereocenters. The van der Waals surface area contributed by atoms with Gasteiger partial charge in [0.1, 0.15) is 5.01 Å². The molecular formula is C14H25N3S. The zero-order chi connectivity index (χ0) is 13.0. The molecule has 1 aliphatic rings. The third-order valence-corrected chi connectivity index (χ3v) is 5.33. The minimum absolute atomic E-state index is 0.317. The van der Waals surface area contributed by atoms with Crippen molar-refractivity contribution in [1.82, 2.24) is 10.3 Å². The van der Waals surface area contributed by atoms with Crippen LogP contribution < -0.4 is 11.1 Å². The van der Waals surface area contributed by atoms with E-state index in [1.807, 2.05) is 11.6 Å². The minimum atomic E-state index is 0.317. The number of rotatable bonds is 5. The summed E-state index contributed by atoms with van der Waals surface area (Å²) in [5.74, 6) is 0.876. The molecule has 1 unspecified atom stereocenters. The molecule has 1 fully saturated rings. The van der Waals surface area contributed by atoms with Crippen LogP contribution in [0.15, 0.2) is 11.6 Å². The predicted molar refractivity (Wildman–Crippen MR) is 77.7 cm³/mol. The minimum Gasteiger partial charge on any atom is -0.330 e. The summed E-state index contributed by atoms with van der Waals surface area (Å²) in [6.45, 7) is 6.37. The van der Waals surface area contributed by atoms with Crippen LogP contribution in [0.25, 0.3) is 0 Å². The summed E-state index contributed by atoms with van der Waals surface area (Å²) in [5, 5.41) is 6.84. The van der Waals surface area contributed by atoms with E-state index >= 15 is 0 Å². The van der Waals surface area contributed by atoms with Crippen molar-refractivity contribution in [2.45, 2.75) is 45.6 Å². The second-order valence-electron chi connectivity index (χ2n) is 5.86. The van der Waals surface area contributed by atoms with Gasteiger partial charge in [0.2, 0.25) is 0 Å². The van der Waals surface area contributed by atoms with Crippen molar-refractivity contribution in [3.05, 3.63) is 16.6 Å². The van der Waals surface area contributed by atoms with Gasteiger partial charge < -0.3 is 11.1 Å². The summed E-state index contributed by atoms with van der Waals surface area (Å²) < 4.78 is 0. The standard InChI is InChI=1S/C14H25N3S/c1-11-3-5-14(9-15,6-4-11)10-17-12(2)13-16-7-8-18-13/h7-8,11-12,17H,3-6,9-10,15H2,1-2H3. The molecule has 2 rings (SSSR count). The lowest BCUT2D eigenvalue weighted by Crippen LogP contribution is -2.43. The van der Waals surface area contributed by atoms with Crippen LogP contribution in [0.2, 0.25) is 0 Å². The van der Waals surface area contributed by atoms with Crippen molar-refractivity contribution in [3.8, 4) is 0 Å². The fourth-order valence-electron chi connectivity index (χ4n) is 2.73. The fourth-order valence-corrected chi connectivity index (χ4v) is 3.40. The molecular weight excluding hydrogens is 242 g/mol. The Morgan fingerprint density at radius 2 is 2.28 bits per heavy atom. The summed E-state index contributed by atoms with van der Waals surface area (Å²) in [7, 11) is 0. The van der Waals surface area contributed by atoms with E-state index < -0.39 is 0 Å². The molecule has 0 aromatic carbocycles. The molecule has 1 aromatic heterocycles. The van der Waals surface area contributed by atoms with E-state index in [9.17, 15) is 0 Å². The third kappa shape index (κ3) is 3.31. The number of nitrogens with two attached hydrogens (primary N) is 1. The van der Waals surface area contributed by atoms with Crippen LogP contribution in [0.5, 0.6) is 0 Å². The number of hydrogen-bond acceptors (Lipinski definition) is 4. The largest absolute Gasteiger partial charge is 0.330 e. The zero-order valence-electron chi connectivity index (χ0n) is 11.5. The first kappa shape index (κ1) is 14.0. The van der Waals surface area contributed by atoms with E-state index in [-0.39, 0.29) is 0 Å². The van der Waals surface area contributed by atoms with Gasteiger partial charge in [0.15, 0.2) is 0 Å². The Bertz CT molecular complexity index is 342. The van der Waals surface area contributed by atoms with Gasteiger partial charge in [-0.05, 0) is 37.6 Å². The van der Waals surface area contributed by atoms with Crippen LogP contribution in [0.1, 0.15) is 50.6 Å². The number of nitrogens with one attached hydrogen (secondary N) is 1. The molecule has 0 bridgehead atoms. The summed E-state index contributed by atoms with van der Waals surface area (Å²) in [6, 6.07) is 0.341. The molecule has 1 aliphatic carbocycles. The van der Waals surface area contributed by atoms with Gasteiger partial charge in [-0.3, -0.25) is 0 Å². The maximum absolute atomic E-state index is 6.04. The summed E-state index contributed by atoms with van der Waals surface area (Å²) in [4.78, 5) is 4.37. The highest BCUT2D eigenvalue weighted by Gasteiger charge is 2.33. The first-order valence-electron chi connectivity index (χ1n) is 6.98. The third-order valence-electron chi connectivity index (χ3n) is 4.37. The Kier molecular flexibility index (Phi) is 4.76. The van der Waals surface area contributed by atoms with Crippen molar-refractivity contribution in [2.24, 2.45) is 17.1 Å². The monoisotopic (exact) mass is 267 g/mol. The van der Waals surface area contributed by atoms with Crippen LogP contribution in [0.3, 0.4) is 0 Å². The average Bonchev–Trinajstić information content (AvgIpc) is 2.92. The van der Waals surface area contributed by atoms with Crippen molar-refractivity contribution in [3.63, 3.8) is 0 Å². The molecule has 4 heteroatoms.